The summed E-state index contributed by atoms with van der Waals surface area (Å²) in [4.78, 5) is 32.0. The van der Waals surface area contributed by atoms with Gasteiger partial charge < -0.3 is 31.1 Å². The van der Waals surface area contributed by atoms with E-state index in [4.69, 9.17) is 15.0 Å². The molecule has 3 aromatic carbocycles. The van der Waals surface area contributed by atoms with Crippen molar-refractivity contribution in [2.45, 2.75) is 32.5 Å². The quantitative estimate of drug-likeness (QED) is 0.0760. The largest absolute Gasteiger partial charge is 0.373 e. The van der Waals surface area contributed by atoms with E-state index in [-0.39, 0.29) is 0 Å². The lowest BCUT2D eigenvalue weighted by Crippen LogP contribution is -2.18. The Morgan fingerprint density at radius 3 is 1.18 bits per heavy atom. The molecule has 10 heterocycles. The summed E-state index contributed by atoms with van der Waals surface area (Å²) < 4.78 is 8.01. The van der Waals surface area contributed by atoms with E-state index in [1.54, 1.807) is 27.6 Å². The smallest absolute Gasteiger partial charge is 0.172 e. The molecule has 1 aliphatic rings. The summed E-state index contributed by atoms with van der Waals surface area (Å²) in [6, 6.07) is 48.8. The van der Waals surface area contributed by atoms with Crippen molar-refractivity contribution in [2.24, 2.45) is 0 Å². The summed E-state index contributed by atoms with van der Waals surface area (Å²) in [6.45, 7) is 4.16. The van der Waals surface area contributed by atoms with Crippen molar-refractivity contribution in [3.63, 3.8) is 0 Å². The molecule has 0 spiro atoms. The van der Waals surface area contributed by atoms with Gasteiger partial charge in [0.05, 0.1) is 49.1 Å². The number of nitrogens with one attached hydrogen (secondary N) is 4. The molecule has 4 N–H and O–H groups in total. The minimum absolute atomic E-state index is 0.641. The van der Waals surface area contributed by atoms with Crippen molar-refractivity contribution in [3.05, 3.63) is 213 Å². The molecule has 412 valence electrons. The van der Waals surface area contributed by atoms with Crippen LogP contribution in [0.5, 0.6) is 0 Å². The van der Waals surface area contributed by atoms with Crippen LogP contribution in [-0.2, 0) is 19.6 Å². The maximum Gasteiger partial charge on any atom is 0.172 e. The standard InChI is InChI=1S/C22H21BrN6.C20H19BrN6.C19H17BrN6/c23-18-15-26-29-21(12-19(27-22(18)29)17-6-2-1-3-7-17)25-14-16-8-9-20(24-13-16)28-10-4-5-11-28;1-26(2)18-9-8-14(11-22-18)12-23-19-10-17(15-6-4-3-5-7-15)25-20-16(21)13-24-27(19)20;1-21-17-8-7-13(10-22-17)11-23-18-9-16(14-5-3-2-4-6-14)25-19-15(20)12-24-26(18)19/h1-3,6-9,12-13,15,25H,4-5,10-11,14H2;3-11,13,23H,12H2,1-2H3;2-10,12,23H,11H2,1H3,(H,21,22). The monoisotopic (exact) mass is 1280 g/mol. The highest BCUT2D eigenvalue weighted by Gasteiger charge is 2.17. The molecule has 0 atom stereocenters. The topological polar surface area (TPSA) is 184 Å². The number of pyridine rings is 3. The lowest BCUT2D eigenvalue weighted by atomic mass is 10.1. The van der Waals surface area contributed by atoms with Gasteiger partial charge in [-0.3, -0.25) is 0 Å². The summed E-state index contributed by atoms with van der Waals surface area (Å²) in [5.41, 5.74) is 11.5. The van der Waals surface area contributed by atoms with Crippen molar-refractivity contribution in [2.75, 3.05) is 65.3 Å². The summed E-state index contributed by atoms with van der Waals surface area (Å²) in [5, 5.41) is 26.7. The molecular formula is C61H57Br3N18. The highest BCUT2D eigenvalue weighted by atomic mass is 79.9. The summed E-state index contributed by atoms with van der Waals surface area (Å²) in [5.74, 6) is 5.50. The number of rotatable bonds is 15. The minimum atomic E-state index is 0.641. The molecule has 18 nitrogen and oxygen atoms in total. The Bertz CT molecular complexity index is 4040. The molecule has 1 saturated heterocycles. The fourth-order valence-electron chi connectivity index (χ4n) is 9.15. The normalized spacial score (nSPS) is 12.0. The average Bonchev–Trinajstić information content (AvgIpc) is 4.44. The number of aromatic nitrogens is 12. The molecule has 0 bridgehead atoms. The van der Waals surface area contributed by atoms with Crippen molar-refractivity contribution < 1.29 is 0 Å². The van der Waals surface area contributed by atoms with E-state index in [1.165, 1.54) is 12.8 Å². The fourth-order valence-corrected chi connectivity index (χ4v) is 10.2. The van der Waals surface area contributed by atoms with E-state index in [0.717, 1.165) is 129 Å². The number of fused-ring (bicyclic) bond motifs is 3. The molecule has 1 aliphatic heterocycles. The second-order valence-electron chi connectivity index (χ2n) is 19.4. The van der Waals surface area contributed by atoms with E-state index in [1.807, 2.05) is 152 Å². The molecule has 0 amide bonds. The van der Waals surface area contributed by atoms with Crippen LogP contribution in [0.15, 0.2) is 196 Å². The second kappa shape index (κ2) is 25.8. The SMILES string of the molecule is Brc1cnn2c(NCc3ccc(N4CCCC4)nc3)cc(-c3ccccc3)nc12.CN(C)c1ccc(CNc2cc(-c3ccccc3)nc3c(Br)cnn23)cn1.CNc1ccc(CNc2cc(-c3ccccc3)nc3c(Br)cnn23)cn1. The maximum atomic E-state index is 4.77. The Labute approximate surface area is 499 Å². The van der Waals surface area contributed by atoms with Crippen LogP contribution in [-0.4, -0.2) is 93.0 Å². The molecule has 0 radical (unpaired) electrons. The number of hydrogen-bond donors (Lipinski definition) is 4. The van der Waals surface area contributed by atoms with E-state index < -0.39 is 0 Å². The van der Waals surface area contributed by atoms with Crippen LogP contribution < -0.4 is 31.1 Å². The van der Waals surface area contributed by atoms with Gasteiger partial charge in [-0.25, -0.2) is 29.9 Å². The molecule has 9 aromatic heterocycles. The van der Waals surface area contributed by atoms with Crippen molar-refractivity contribution >= 4 is 99.6 Å². The van der Waals surface area contributed by atoms with Crippen molar-refractivity contribution in [1.82, 2.24) is 58.7 Å². The van der Waals surface area contributed by atoms with Crippen molar-refractivity contribution in [1.29, 1.82) is 0 Å². The van der Waals surface area contributed by atoms with Crippen LogP contribution in [0.2, 0.25) is 0 Å². The zero-order valence-corrected chi connectivity index (χ0v) is 49.9. The van der Waals surface area contributed by atoms with Gasteiger partial charge in [-0.15, -0.1) is 0 Å². The van der Waals surface area contributed by atoms with Crippen LogP contribution in [0.4, 0.5) is 34.9 Å². The first-order valence-electron chi connectivity index (χ1n) is 26.6. The highest BCUT2D eigenvalue weighted by Crippen LogP contribution is 2.30. The molecule has 21 heteroatoms. The van der Waals surface area contributed by atoms with Gasteiger partial charge in [-0.05, 0) is 95.5 Å². The molecule has 12 aromatic rings. The fraction of sp³-hybridized carbons (Fsp3) is 0.164. The summed E-state index contributed by atoms with van der Waals surface area (Å²) in [7, 11) is 5.82. The molecule has 13 rings (SSSR count). The average molecular weight is 1280 g/mol. The van der Waals surface area contributed by atoms with Gasteiger partial charge in [0.1, 0.15) is 34.9 Å². The molecule has 1 fully saturated rings. The lowest BCUT2D eigenvalue weighted by molar-refractivity contribution is 0.917. The van der Waals surface area contributed by atoms with Gasteiger partial charge in [-0.2, -0.15) is 28.8 Å². The molecule has 0 saturated carbocycles. The molecule has 0 unspecified atom stereocenters. The molecule has 0 aliphatic carbocycles. The first-order valence-corrected chi connectivity index (χ1v) is 29.0. The Hall–Kier alpha value is -8.79. The van der Waals surface area contributed by atoms with Crippen LogP contribution in [0.3, 0.4) is 0 Å². The van der Waals surface area contributed by atoms with Crippen LogP contribution in [0.1, 0.15) is 29.5 Å². The Morgan fingerprint density at radius 2 is 0.841 bits per heavy atom. The van der Waals surface area contributed by atoms with Gasteiger partial charge in [0.2, 0.25) is 0 Å². The third-order valence-electron chi connectivity index (χ3n) is 13.5. The van der Waals surface area contributed by atoms with Gasteiger partial charge in [-0.1, -0.05) is 109 Å². The predicted molar refractivity (Wildman–Crippen MR) is 338 cm³/mol. The van der Waals surface area contributed by atoms with Gasteiger partial charge >= 0.3 is 0 Å². The number of benzene rings is 3. The first kappa shape index (κ1) is 55.1. The molecule has 82 heavy (non-hydrogen) atoms. The van der Waals surface area contributed by atoms with E-state index >= 15 is 0 Å². The number of halogens is 3. The zero-order valence-electron chi connectivity index (χ0n) is 45.2. The third-order valence-corrected chi connectivity index (χ3v) is 15.2. The Balaban J connectivity index is 0.000000129. The van der Waals surface area contributed by atoms with Crippen LogP contribution >= 0.6 is 47.8 Å². The lowest BCUT2D eigenvalue weighted by Gasteiger charge is -2.16. The van der Waals surface area contributed by atoms with Gasteiger partial charge in [0.25, 0.3) is 0 Å². The number of hydrogen-bond acceptors (Lipinski definition) is 15. The highest BCUT2D eigenvalue weighted by molar-refractivity contribution is 9.11. The Morgan fingerprint density at radius 1 is 0.451 bits per heavy atom. The van der Waals surface area contributed by atoms with E-state index in [9.17, 15) is 0 Å². The van der Waals surface area contributed by atoms with Gasteiger partial charge in [0.15, 0.2) is 16.9 Å². The van der Waals surface area contributed by atoms with Crippen LogP contribution in [0, 0.1) is 0 Å². The van der Waals surface area contributed by atoms with Crippen LogP contribution in [0.25, 0.3) is 50.7 Å². The number of nitrogens with zero attached hydrogens (tertiary/aromatic N) is 14. The summed E-state index contributed by atoms with van der Waals surface area (Å²) in [6.07, 6.45) is 13.5. The first-order chi connectivity index (χ1) is 40.1. The predicted octanol–water partition coefficient (Wildman–Crippen LogP) is 13.2. The van der Waals surface area contributed by atoms with E-state index in [2.05, 4.69) is 147 Å². The van der Waals surface area contributed by atoms with Crippen molar-refractivity contribution in [3.8, 4) is 33.8 Å². The zero-order chi connectivity index (χ0) is 56.4. The Kier molecular flexibility index (Phi) is 17.3. The maximum absolute atomic E-state index is 4.77. The summed E-state index contributed by atoms with van der Waals surface area (Å²) >= 11 is 10.6. The second-order valence-corrected chi connectivity index (χ2v) is 21.9. The third kappa shape index (κ3) is 13.0. The molecular weight excluding hydrogens is 1220 g/mol. The number of anilines is 6. The van der Waals surface area contributed by atoms with Gasteiger partial charge in [0, 0.05) is 107 Å². The van der Waals surface area contributed by atoms with E-state index in [0.29, 0.717) is 19.6 Å². The minimum Gasteiger partial charge on any atom is -0.373 e.